The number of piperidine rings is 1. The molecule has 182 valence electrons. The predicted octanol–water partition coefficient (Wildman–Crippen LogP) is 4.07. The highest BCUT2D eigenvalue weighted by atomic mass is 16.5. The molecule has 8 heteroatoms. The van der Waals surface area contributed by atoms with E-state index < -0.39 is 0 Å². The Hall–Kier alpha value is -3.94. The summed E-state index contributed by atoms with van der Waals surface area (Å²) in [4.78, 5) is 43.8. The number of imidazole rings is 1. The van der Waals surface area contributed by atoms with Crippen molar-refractivity contribution in [1.82, 2.24) is 14.5 Å². The van der Waals surface area contributed by atoms with E-state index in [1.54, 1.807) is 72.5 Å². The third kappa shape index (κ3) is 5.59. The molecular formula is C27H30N4O4. The predicted molar refractivity (Wildman–Crippen MR) is 133 cm³/mol. The van der Waals surface area contributed by atoms with Crippen LogP contribution in [0.15, 0.2) is 60.9 Å². The Kier molecular flexibility index (Phi) is 7.29. The van der Waals surface area contributed by atoms with Gasteiger partial charge >= 0.3 is 0 Å². The summed E-state index contributed by atoms with van der Waals surface area (Å²) < 4.78 is 7.35. The van der Waals surface area contributed by atoms with Crippen LogP contribution in [0.1, 0.15) is 59.7 Å². The number of nitrogens with zero attached hydrogens (tertiary/aromatic N) is 3. The second kappa shape index (κ2) is 10.5. The third-order valence-corrected chi connectivity index (χ3v) is 6.39. The van der Waals surface area contributed by atoms with Crippen LogP contribution in [-0.2, 0) is 11.8 Å². The number of amides is 2. The van der Waals surface area contributed by atoms with Crippen molar-refractivity contribution in [2.75, 3.05) is 11.9 Å². The van der Waals surface area contributed by atoms with Gasteiger partial charge in [0, 0.05) is 48.3 Å². The van der Waals surface area contributed by atoms with Gasteiger partial charge < -0.3 is 19.5 Å². The van der Waals surface area contributed by atoms with E-state index in [0.29, 0.717) is 28.4 Å². The lowest BCUT2D eigenvalue weighted by Gasteiger charge is -2.38. The van der Waals surface area contributed by atoms with Gasteiger partial charge in [-0.15, -0.1) is 0 Å². The van der Waals surface area contributed by atoms with Gasteiger partial charge in [-0.1, -0.05) is 0 Å². The molecule has 3 aromatic rings. The molecule has 0 bridgehead atoms. The van der Waals surface area contributed by atoms with E-state index in [9.17, 15) is 14.4 Å². The number of rotatable bonds is 7. The molecule has 0 spiro atoms. The van der Waals surface area contributed by atoms with Crippen LogP contribution in [0.5, 0.6) is 5.75 Å². The Labute approximate surface area is 204 Å². The van der Waals surface area contributed by atoms with Crippen molar-refractivity contribution < 1.29 is 19.1 Å². The summed E-state index contributed by atoms with van der Waals surface area (Å²) in [6.45, 7) is 4.13. The van der Waals surface area contributed by atoms with Crippen molar-refractivity contribution >= 4 is 23.3 Å². The first kappa shape index (κ1) is 24.2. The lowest BCUT2D eigenvalue weighted by molar-refractivity contribution is -0.139. The molecule has 0 radical (unpaired) electrons. The number of carbonyl (C=O) groups excluding carboxylic acids is 3. The van der Waals surface area contributed by atoms with Crippen LogP contribution in [0.4, 0.5) is 5.69 Å². The molecule has 0 aliphatic carbocycles. The van der Waals surface area contributed by atoms with Crippen LogP contribution in [-0.4, -0.2) is 50.7 Å². The van der Waals surface area contributed by atoms with Gasteiger partial charge in [0.2, 0.25) is 5.78 Å². The summed E-state index contributed by atoms with van der Waals surface area (Å²) >= 11 is 0. The number of hydrogen-bond acceptors (Lipinski definition) is 5. The number of nitrogens with one attached hydrogen (secondary N) is 1. The van der Waals surface area contributed by atoms with Crippen LogP contribution in [0.25, 0.3) is 0 Å². The second-order valence-corrected chi connectivity index (χ2v) is 8.97. The van der Waals surface area contributed by atoms with Gasteiger partial charge in [-0.25, -0.2) is 4.98 Å². The number of likely N-dealkylation sites (tertiary alicyclic amines) is 1. The lowest BCUT2D eigenvalue weighted by Crippen LogP contribution is -2.49. The van der Waals surface area contributed by atoms with E-state index in [2.05, 4.69) is 24.1 Å². The Morgan fingerprint density at radius 3 is 2.20 bits per heavy atom. The monoisotopic (exact) mass is 474 g/mol. The van der Waals surface area contributed by atoms with E-state index in [1.807, 2.05) is 4.90 Å². The number of aryl methyl sites for hydroxylation is 1. The molecule has 1 fully saturated rings. The van der Waals surface area contributed by atoms with E-state index in [1.165, 1.54) is 0 Å². The fourth-order valence-corrected chi connectivity index (χ4v) is 4.46. The number of ketones is 1. The zero-order valence-corrected chi connectivity index (χ0v) is 20.2. The number of carbonyl (C=O) groups is 3. The molecule has 1 N–H and O–H groups in total. The fourth-order valence-electron chi connectivity index (χ4n) is 4.46. The van der Waals surface area contributed by atoms with Gasteiger partial charge in [-0.2, -0.15) is 0 Å². The topological polar surface area (TPSA) is 93.5 Å². The highest BCUT2D eigenvalue weighted by Gasteiger charge is 2.29. The van der Waals surface area contributed by atoms with Crippen LogP contribution in [0.2, 0.25) is 0 Å². The molecule has 1 aromatic heterocycles. The number of ether oxygens (including phenoxy) is 1. The van der Waals surface area contributed by atoms with Crippen molar-refractivity contribution in [3.8, 4) is 5.75 Å². The minimum atomic E-state index is -0.285. The van der Waals surface area contributed by atoms with Crippen molar-refractivity contribution in [2.24, 2.45) is 7.05 Å². The van der Waals surface area contributed by atoms with E-state index >= 15 is 0 Å². The number of aromatic nitrogens is 2. The maximum Gasteiger partial charge on any atom is 0.260 e. The summed E-state index contributed by atoms with van der Waals surface area (Å²) in [7, 11) is 1.76. The maximum atomic E-state index is 12.6. The quantitative estimate of drug-likeness (QED) is 0.521. The number of benzene rings is 2. The zero-order valence-electron chi connectivity index (χ0n) is 20.2. The van der Waals surface area contributed by atoms with Crippen LogP contribution >= 0.6 is 0 Å². The fraction of sp³-hybridized carbons (Fsp3) is 0.333. The van der Waals surface area contributed by atoms with E-state index in [4.69, 9.17) is 4.74 Å². The van der Waals surface area contributed by atoms with Gasteiger partial charge in [-0.05, 0) is 81.6 Å². The average Bonchev–Trinajstić information content (AvgIpc) is 3.28. The lowest BCUT2D eigenvalue weighted by atomic mass is 9.97. The molecule has 1 aliphatic heterocycles. The molecule has 2 aromatic carbocycles. The van der Waals surface area contributed by atoms with Crippen LogP contribution < -0.4 is 10.1 Å². The largest absolute Gasteiger partial charge is 0.484 e. The number of hydrogen-bond donors (Lipinski definition) is 1. The summed E-state index contributed by atoms with van der Waals surface area (Å²) in [5, 5.41) is 2.82. The molecular weight excluding hydrogens is 444 g/mol. The highest BCUT2D eigenvalue weighted by molar-refractivity contribution is 6.07. The van der Waals surface area contributed by atoms with Gasteiger partial charge in [0.15, 0.2) is 12.4 Å². The van der Waals surface area contributed by atoms with Crippen LogP contribution in [0, 0.1) is 0 Å². The first-order chi connectivity index (χ1) is 16.8. The Balaban J connectivity index is 1.31. The van der Waals surface area contributed by atoms with E-state index in [0.717, 1.165) is 19.3 Å². The molecule has 0 saturated carbocycles. The number of anilines is 1. The average molecular weight is 475 g/mol. The van der Waals surface area contributed by atoms with Crippen LogP contribution in [0.3, 0.4) is 0 Å². The van der Waals surface area contributed by atoms with Crippen molar-refractivity contribution in [2.45, 2.75) is 45.2 Å². The summed E-state index contributed by atoms with van der Waals surface area (Å²) in [6, 6.07) is 13.8. The molecule has 0 unspecified atom stereocenters. The Bertz CT molecular complexity index is 1190. The minimum Gasteiger partial charge on any atom is -0.484 e. The first-order valence-corrected chi connectivity index (χ1v) is 11.8. The van der Waals surface area contributed by atoms with E-state index in [-0.39, 0.29) is 36.3 Å². The Morgan fingerprint density at radius 2 is 1.60 bits per heavy atom. The normalized spacial score (nSPS) is 17.6. The summed E-state index contributed by atoms with van der Waals surface area (Å²) in [5.41, 5.74) is 1.51. The SMILES string of the molecule is C[C@@H]1CCC[C@H](C)N1C(=O)COc1ccc(C(=O)Nc2ccc(C(=O)c3nccn3C)cc2)cc1. The van der Waals surface area contributed by atoms with Crippen molar-refractivity contribution in [1.29, 1.82) is 0 Å². The molecule has 2 amide bonds. The molecule has 8 nitrogen and oxygen atoms in total. The van der Waals surface area contributed by atoms with Gasteiger partial charge in [0.25, 0.3) is 11.8 Å². The molecule has 2 atom stereocenters. The summed E-state index contributed by atoms with van der Waals surface area (Å²) in [6.07, 6.45) is 6.47. The molecule has 35 heavy (non-hydrogen) atoms. The summed E-state index contributed by atoms with van der Waals surface area (Å²) in [5.74, 6) is 0.395. The maximum absolute atomic E-state index is 12.6. The third-order valence-electron chi connectivity index (χ3n) is 6.39. The molecule has 2 heterocycles. The van der Waals surface area contributed by atoms with Gasteiger partial charge in [0.1, 0.15) is 5.75 Å². The minimum absolute atomic E-state index is 0.0173. The zero-order chi connectivity index (χ0) is 24.9. The molecule has 1 aliphatic rings. The second-order valence-electron chi connectivity index (χ2n) is 8.97. The molecule has 1 saturated heterocycles. The smallest absolute Gasteiger partial charge is 0.260 e. The van der Waals surface area contributed by atoms with Crippen molar-refractivity contribution in [3.63, 3.8) is 0 Å². The Morgan fingerprint density at radius 1 is 0.971 bits per heavy atom. The highest BCUT2D eigenvalue weighted by Crippen LogP contribution is 2.23. The van der Waals surface area contributed by atoms with Gasteiger partial charge in [0.05, 0.1) is 0 Å². The molecule has 4 rings (SSSR count). The van der Waals surface area contributed by atoms with Crippen molar-refractivity contribution in [3.05, 3.63) is 77.9 Å². The first-order valence-electron chi connectivity index (χ1n) is 11.8. The standard InChI is InChI=1S/C27H30N4O4/c1-18-5-4-6-19(2)31(18)24(32)17-35-23-13-9-21(10-14-23)27(34)29-22-11-7-20(8-12-22)25(33)26-28-15-16-30(26)3/h7-16,18-19H,4-6,17H2,1-3H3,(H,29,34)/t18-,19+. The van der Waals surface area contributed by atoms with Gasteiger partial charge in [-0.3, -0.25) is 14.4 Å².